The fourth-order valence-electron chi connectivity index (χ4n) is 1.58. The molecule has 1 aromatic carbocycles. The zero-order valence-corrected chi connectivity index (χ0v) is 11.0. The molecule has 0 atom stereocenters. The van der Waals surface area contributed by atoms with Crippen LogP contribution in [0.2, 0.25) is 0 Å². The summed E-state index contributed by atoms with van der Waals surface area (Å²) in [5.41, 5.74) is 1.22. The summed E-state index contributed by atoms with van der Waals surface area (Å²) in [6.07, 6.45) is 2.57. The minimum Gasteiger partial charge on any atom is -0.430 e. The molecule has 1 saturated carbocycles. The second-order valence-electron chi connectivity index (χ2n) is 4.53. The van der Waals surface area contributed by atoms with Crippen LogP contribution in [0.3, 0.4) is 0 Å². The summed E-state index contributed by atoms with van der Waals surface area (Å²) < 4.78 is 5.65. The number of nitrogens with one attached hydrogen (secondary N) is 1. The number of aryl methyl sites for hydroxylation is 1. The maximum Gasteiger partial charge on any atom is 0.299 e. The van der Waals surface area contributed by atoms with E-state index < -0.39 is 0 Å². The van der Waals surface area contributed by atoms with Crippen LogP contribution in [-0.4, -0.2) is 16.2 Å². The summed E-state index contributed by atoms with van der Waals surface area (Å²) >= 11 is 1.49. The van der Waals surface area contributed by atoms with Gasteiger partial charge < -0.3 is 10.1 Å². The smallest absolute Gasteiger partial charge is 0.299 e. The molecule has 0 radical (unpaired) electrons. The number of benzene rings is 1. The largest absolute Gasteiger partial charge is 0.430 e. The van der Waals surface area contributed by atoms with Gasteiger partial charge in [-0.05, 0) is 31.9 Å². The van der Waals surface area contributed by atoms with Gasteiger partial charge in [-0.3, -0.25) is 0 Å². The van der Waals surface area contributed by atoms with Crippen LogP contribution in [-0.2, 0) is 6.54 Å². The fourth-order valence-corrected chi connectivity index (χ4v) is 2.24. The van der Waals surface area contributed by atoms with Crippen molar-refractivity contribution in [3.63, 3.8) is 0 Å². The Morgan fingerprint density at radius 3 is 2.78 bits per heavy atom. The molecule has 1 aliphatic carbocycles. The topological polar surface area (TPSA) is 47.0 Å². The molecule has 3 rings (SSSR count). The van der Waals surface area contributed by atoms with Crippen LogP contribution in [0.25, 0.3) is 0 Å². The quantitative estimate of drug-likeness (QED) is 0.899. The van der Waals surface area contributed by atoms with E-state index in [0.717, 1.165) is 17.3 Å². The van der Waals surface area contributed by atoms with E-state index in [9.17, 15) is 0 Å². The van der Waals surface area contributed by atoms with Gasteiger partial charge in [0.05, 0.1) is 6.54 Å². The molecule has 1 fully saturated rings. The first-order valence-electron chi connectivity index (χ1n) is 6.10. The summed E-state index contributed by atoms with van der Waals surface area (Å²) in [5.74, 6) is 0.804. The third kappa shape index (κ3) is 3.05. The van der Waals surface area contributed by atoms with E-state index in [1.807, 2.05) is 24.3 Å². The Labute approximate surface area is 110 Å². The Bertz CT molecular complexity index is 519. The van der Waals surface area contributed by atoms with Crippen molar-refractivity contribution in [3.05, 3.63) is 34.8 Å². The molecule has 1 N–H and O–H groups in total. The van der Waals surface area contributed by atoms with Crippen molar-refractivity contribution in [2.75, 3.05) is 0 Å². The molecular weight excluding hydrogens is 246 g/mol. The van der Waals surface area contributed by atoms with Gasteiger partial charge in [0.15, 0.2) is 0 Å². The average Bonchev–Trinajstić information content (AvgIpc) is 3.10. The molecule has 1 heterocycles. The maximum absolute atomic E-state index is 5.65. The normalized spacial score (nSPS) is 14.7. The Hall–Kier alpha value is -1.46. The lowest BCUT2D eigenvalue weighted by Crippen LogP contribution is -2.14. The van der Waals surface area contributed by atoms with Gasteiger partial charge in [-0.1, -0.05) is 34.1 Å². The van der Waals surface area contributed by atoms with Gasteiger partial charge in [0.1, 0.15) is 10.8 Å². The van der Waals surface area contributed by atoms with Gasteiger partial charge in [-0.15, -0.1) is 5.10 Å². The molecule has 2 aromatic rings. The molecule has 0 spiro atoms. The lowest BCUT2D eigenvalue weighted by Gasteiger charge is -2.00. The molecule has 0 bridgehead atoms. The molecular formula is C13H15N3OS. The Morgan fingerprint density at radius 1 is 1.28 bits per heavy atom. The van der Waals surface area contributed by atoms with Crippen LogP contribution in [0.1, 0.15) is 23.4 Å². The first-order valence-corrected chi connectivity index (χ1v) is 6.91. The van der Waals surface area contributed by atoms with Crippen LogP contribution >= 0.6 is 11.3 Å². The van der Waals surface area contributed by atoms with Crippen molar-refractivity contribution in [2.45, 2.75) is 32.4 Å². The molecule has 0 unspecified atom stereocenters. The van der Waals surface area contributed by atoms with Crippen molar-refractivity contribution < 1.29 is 4.74 Å². The highest BCUT2D eigenvalue weighted by atomic mass is 32.1. The minimum atomic E-state index is 0.603. The molecule has 1 aromatic heterocycles. The summed E-state index contributed by atoms with van der Waals surface area (Å²) in [6, 6.07) is 8.62. The fraction of sp³-hybridized carbons (Fsp3) is 0.385. The van der Waals surface area contributed by atoms with E-state index in [1.165, 1.54) is 29.7 Å². The third-order valence-electron chi connectivity index (χ3n) is 2.79. The molecule has 4 nitrogen and oxygen atoms in total. The van der Waals surface area contributed by atoms with Crippen molar-refractivity contribution >= 4 is 11.3 Å². The Kier molecular flexibility index (Phi) is 3.25. The Morgan fingerprint density at radius 2 is 2.06 bits per heavy atom. The van der Waals surface area contributed by atoms with E-state index in [1.54, 1.807) is 0 Å². The standard InChI is InChI=1S/C13H15N3OS/c1-9-2-6-11(7-3-9)17-13-16-15-12(18-13)8-14-10-4-5-10/h2-3,6-7,10,14H,4-5,8H2,1H3. The number of rotatable bonds is 5. The van der Waals surface area contributed by atoms with E-state index in [4.69, 9.17) is 4.74 Å². The predicted molar refractivity (Wildman–Crippen MR) is 71.0 cm³/mol. The molecule has 94 valence electrons. The third-order valence-corrected chi connectivity index (χ3v) is 3.59. The predicted octanol–water partition coefficient (Wildman–Crippen LogP) is 2.89. The number of aromatic nitrogens is 2. The van der Waals surface area contributed by atoms with Crippen LogP contribution in [0.5, 0.6) is 10.9 Å². The van der Waals surface area contributed by atoms with Crippen molar-refractivity contribution in [2.24, 2.45) is 0 Å². The second-order valence-corrected chi connectivity index (χ2v) is 5.56. The number of ether oxygens (including phenoxy) is 1. The molecule has 0 saturated heterocycles. The molecule has 5 heteroatoms. The van der Waals surface area contributed by atoms with Crippen molar-refractivity contribution in [1.82, 2.24) is 15.5 Å². The van der Waals surface area contributed by atoms with Crippen LogP contribution in [0.4, 0.5) is 0 Å². The molecule has 0 amide bonds. The molecule has 0 aliphatic heterocycles. The average molecular weight is 261 g/mol. The number of nitrogens with zero attached hydrogens (tertiary/aromatic N) is 2. The van der Waals surface area contributed by atoms with Crippen molar-refractivity contribution in [3.8, 4) is 10.9 Å². The monoisotopic (exact) mass is 261 g/mol. The SMILES string of the molecule is Cc1ccc(Oc2nnc(CNC3CC3)s2)cc1. The zero-order chi connectivity index (χ0) is 12.4. The summed E-state index contributed by atoms with van der Waals surface area (Å²) in [4.78, 5) is 0. The maximum atomic E-state index is 5.65. The highest BCUT2D eigenvalue weighted by molar-refractivity contribution is 7.13. The lowest BCUT2D eigenvalue weighted by molar-refractivity contribution is 0.473. The summed E-state index contributed by atoms with van der Waals surface area (Å²) in [5, 5.41) is 13.1. The van der Waals surface area contributed by atoms with Gasteiger partial charge in [0, 0.05) is 6.04 Å². The minimum absolute atomic E-state index is 0.603. The van der Waals surface area contributed by atoms with Gasteiger partial charge >= 0.3 is 0 Å². The van der Waals surface area contributed by atoms with Crippen LogP contribution < -0.4 is 10.1 Å². The van der Waals surface area contributed by atoms with Gasteiger partial charge in [0.2, 0.25) is 0 Å². The van der Waals surface area contributed by atoms with Crippen molar-refractivity contribution in [1.29, 1.82) is 0 Å². The van der Waals surface area contributed by atoms with Gasteiger partial charge in [-0.25, -0.2) is 0 Å². The highest BCUT2D eigenvalue weighted by Gasteiger charge is 2.20. The van der Waals surface area contributed by atoms with Gasteiger partial charge in [-0.2, -0.15) is 0 Å². The van der Waals surface area contributed by atoms with E-state index in [-0.39, 0.29) is 0 Å². The summed E-state index contributed by atoms with van der Waals surface area (Å²) in [6.45, 7) is 2.84. The zero-order valence-electron chi connectivity index (χ0n) is 10.2. The number of hydrogen-bond acceptors (Lipinski definition) is 5. The van der Waals surface area contributed by atoms with E-state index >= 15 is 0 Å². The van der Waals surface area contributed by atoms with Crippen LogP contribution in [0.15, 0.2) is 24.3 Å². The second kappa shape index (κ2) is 5.04. The van der Waals surface area contributed by atoms with E-state index in [2.05, 4.69) is 22.4 Å². The van der Waals surface area contributed by atoms with E-state index in [0.29, 0.717) is 11.2 Å². The van der Waals surface area contributed by atoms with Gasteiger partial charge in [0.25, 0.3) is 5.19 Å². The lowest BCUT2D eigenvalue weighted by atomic mass is 10.2. The summed E-state index contributed by atoms with van der Waals surface area (Å²) in [7, 11) is 0. The molecule has 18 heavy (non-hydrogen) atoms. The first-order chi connectivity index (χ1) is 8.79. The molecule has 1 aliphatic rings. The Balaban J connectivity index is 1.60. The van der Waals surface area contributed by atoms with Crippen LogP contribution in [0, 0.1) is 6.92 Å². The highest BCUT2D eigenvalue weighted by Crippen LogP contribution is 2.26. The number of hydrogen-bond donors (Lipinski definition) is 1. The first kappa shape index (κ1) is 11.6.